The lowest BCUT2D eigenvalue weighted by Gasteiger charge is -2.13. The summed E-state index contributed by atoms with van der Waals surface area (Å²) in [6.45, 7) is 5.45. The Kier molecular flexibility index (Phi) is 6.15. The van der Waals surface area contributed by atoms with E-state index in [2.05, 4.69) is 18.3 Å². The Bertz CT molecular complexity index is 403. The van der Waals surface area contributed by atoms with Crippen molar-refractivity contribution in [2.75, 3.05) is 26.9 Å². The number of hydrogen-bond donors (Lipinski definition) is 1. The van der Waals surface area contributed by atoms with E-state index in [-0.39, 0.29) is 0 Å². The van der Waals surface area contributed by atoms with E-state index in [9.17, 15) is 0 Å². The number of rotatable bonds is 8. The summed E-state index contributed by atoms with van der Waals surface area (Å²) in [6, 6.07) is 6.10. The second kappa shape index (κ2) is 8.12. The van der Waals surface area contributed by atoms with E-state index in [0.29, 0.717) is 12.7 Å². The molecular formula is C16H25NO3. The maximum Gasteiger partial charge on any atom is 0.161 e. The van der Waals surface area contributed by atoms with Gasteiger partial charge in [0, 0.05) is 19.7 Å². The zero-order chi connectivity index (χ0) is 14.2. The number of hydrogen-bond acceptors (Lipinski definition) is 4. The number of benzene rings is 1. The Morgan fingerprint density at radius 3 is 2.95 bits per heavy atom. The number of nitrogens with one attached hydrogen (secondary N) is 1. The van der Waals surface area contributed by atoms with E-state index in [4.69, 9.17) is 14.2 Å². The number of ether oxygens (including phenoxy) is 3. The van der Waals surface area contributed by atoms with Gasteiger partial charge in [-0.15, -0.1) is 0 Å². The van der Waals surface area contributed by atoms with Crippen LogP contribution in [0.5, 0.6) is 11.5 Å². The highest BCUT2D eigenvalue weighted by molar-refractivity contribution is 5.42. The van der Waals surface area contributed by atoms with Crippen LogP contribution >= 0.6 is 0 Å². The maximum atomic E-state index is 5.65. The summed E-state index contributed by atoms with van der Waals surface area (Å²) in [5.74, 6) is 1.62. The van der Waals surface area contributed by atoms with Crippen molar-refractivity contribution in [2.24, 2.45) is 0 Å². The molecule has 0 unspecified atom stereocenters. The molecule has 0 spiro atoms. The van der Waals surface area contributed by atoms with Gasteiger partial charge in [-0.3, -0.25) is 0 Å². The molecule has 1 aliphatic rings. The minimum atomic E-state index is 0.379. The van der Waals surface area contributed by atoms with Crippen molar-refractivity contribution in [3.8, 4) is 11.5 Å². The smallest absolute Gasteiger partial charge is 0.161 e. The molecule has 20 heavy (non-hydrogen) atoms. The van der Waals surface area contributed by atoms with Gasteiger partial charge in [-0.05, 0) is 37.0 Å². The first-order chi connectivity index (χ1) is 9.83. The van der Waals surface area contributed by atoms with Crippen molar-refractivity contribution in [1.29, 1.82) is 0 Å². The molecule has 1 fully saturated rings. The van der Waals surface area contributed by atoms with Gasteiger partial charge in [-0.1, -0.05) is 13.0 Å². The molecule has 4 heteroatoms. The first kappa shape index (κ1) is 15.1. The summed E-state index contributed by atoms with van der Waals surface area (Å²) in [6.07, 6.45) is 3.72. The maximum absolute atomic E-state index is 5.65. The molecule has 1 aromatic carbocycles. The summed E-state index contributed by atoms with van der Waals surface area (Å²) in [7, 11) is 1.68. The molecule has 0 radical (unpaired) electrons. The molecule has 0 saturated carbocycles. The summed E-state index contributed by atoms with van der Waals surface area (Å²) in [5, 5.41) is 3.44. The van der Waals surface area contributed by atoms with Crippen LogP contribution in [0, 0.1) is 0 Å². The van der Waals surface area contributed by atoms with Crippen LogP contribution in [0.2, 0.25) is 0 Å². The van der Waals surface area contributed by atoms with Gasteiger partial charge in [-0.25, -0.2) is 0 Å². The third kappa shape index (κ3) is 4.39. The van der Waals surface area contributed by atoms with Crippen LogP contribution in [0.1, 0.15) is 31.7 Å². The molecule has 1 saturated heterocycles. The van der Waals surface area contributed by atoms with E-state index < -0.39 is 0 Å². The Morgan fingerprint density at radius 1 is 1.35 bits per heavy atom. The van der Waals surface area contributed by atoms with Crippen molar-refractivity contribution in [3.05, 3.63) is 23.8 Å². The predicted molar refractivity (Wildman–Crippen MR) is 79.5 cm³/mol. The zero-order valence-corrected chi connectivity index (χ0v) is 12.5. The molecular weight excluding hydrogens is 254 g/mol. The molecule has 0 aliphatic carbocycles. The van der Waals surface area contributed by atoms with Crippen molar-refractivity contribution >= 4 is 0 Å². The monoisotopic (exact) mass is 279 g/mol. The molecule has 1 aromatic rings. The number of methoxy groups -OCH3 is 1. The van der Waals surface area contributed by atoms with Gasteiger partial charge in [0.25, 0.3) is 0 Å². The fraction of sp³-hybridized carbons (Fsp3) is 0.625. The van der Waals surface area contributed by atoms with Gasteiger partial charge >= 0.3 is 0 Å². The molecule has 2 rings (SSSR count). The fourth-order valence-electron chi connectivity index (χ4n) is 2.34. The average molecular weight is 279 g/mol. The standard InChI is InChI=1S/C16H25NO3/c1-3-8-20-15-7-6-13(10-16(15)18-2)11-17-12-14-5-4-9-19-14/h6-7,10,14,17H,3-5,8-9,11-12H2,1-2H3/t14-/m0/s1. The van der Waals surface area contributed by atoms with Crippen LogP contribution in [-0.4, -0.2) is 33.0 Å². The van der Waals surface area contributed by atoms with E-state index in [1.165, 1.54) is 18.4 Å². The summed E-state index contributed by atoms with van der Waals surface area (Å²) < 4.78 is 16.6. The van der Waals surface area contributed by atoms with Crippen molar-refractivity contribution in [2.45, 2.75) is 38.8 Å². The van der Waals surface area contributed by atoms with Crippen LogP contribution in [0.25, 0.3) is 0 Å². The Balaban J connectivity index is 1.84. The quantitative estimate of drug-likeness (QED) is 0.794. The first-order valence-electron chi connectivity index (χ1n) is 7.45. The highest BCUT2D eigenvalue weighted by Crippen LogP contribution is 2.28. The molecule has 0 bridgehead atoms. The van der Waals surface area contributed by atoms with Gasteiger partial charge in [0.1, 0.15) is 0 Å². The van der Waals surface area contributed by atoms with Crippen molar-refractivity contribution in [3.63, 3.8) is 0 Å². The minimum Gasteiger partial charge on any atom is -0.493 e. The Hall–Kier alpha value is -1.26. The van der Waals surface area contributed by atoms with Crippen molar-refractivity contribution < 1.29 is 14.2 Å². The lowest BCUT2D eigenvalue weighted by Crippen LogP contribution is -2.25. The largest absolute Gasteiger partial charge is 0.493 e. The molecule has 1 N–H and O–H groups in total. The Morgan fingerprint density at radius 2 is 2.25 bits per heavy atom. The van der Waals surface area contributed by atoms with E-state index in [1.54, 1.807) is 7.11 Å². The molecule has 0 aromatic heterocycles. The fourth-order valence-corrected chi connectivity index (χ4v) is 2.34. The average Bonchev–Trinajstić information content (AvgIpc) is 2.99. The van der Waals surface area contributed by atoms with Gasteiger partial charge in [0.2, 0.25) is 0 Å². The van der Waals surface area contributed by atoms with E-state index in [1.807, 2.05) is 12.1 Å². The van der Waals surface area contributed by atoms with Gasteiger partial charge in [0.15, 0.2) is 11.5 Å². The first-order valence-corrected chi connectivity index (χ1v) is 7.45. The van der Waals surface area contributed by atoms with Gasteiger partial charge in [0.05, 0.1) is 19.8 Å². The van der Waals surface area contributed by atoms with E-state index >= 15 is 0 Å². The summed E-state index contributed by atoms with van der Waals surface area (Å²) in [4.78, 5) is 0. The van der Waals surface area contributed by atoms with E-state index in [0.717, 1.165) is 37.6 Å². The lowest BCUT2D eigenvalue weighted by molar-refractivity contribution is 0.110. The molecule has 4 nitrogen and oxygen atoms in total. The second-order valence-corrected chi connectivity index (χ2v) is 5.10. The molecule has 1 atom stereocenters. The van der Waals surface area contributed by atoms with Crippen LogP contribution < -0.4 is 14.8 Å². The van der Waals surface area contributed by atoms with Gasteiger partial charge in [-0.2, -0.15) is 0 Å². The third-order valence-corrected chi connectivity index (χ3v) is 3.41. The van der Waals surface area contributed by atoms with Crippen LogP contribution in [0.4, 0.5) is 0 Å². The minimum absolute atomic E-state index is 0.379. The van der Waals surface area contributed by atoms with Gasteiger partial charge < -0.3 is 19.5 Å². The Labute approximate surface area is 121 Å². The highest BCUT2D eigenvalue weighted by Gasteiger charge is 2.14. The third-order valence-electron chi connectivity index (χ3n) is 3.41. The van der Waals surface area contributed by atoms with Crippen molar-refractivity contribution in [1.82, 2.24) is 5.32 Å². The molecule has 0 amide bonds. The predicted octanol–water partition coefficient (Wildman–Crippen LogP) is 2.75. The second-order valence-electron chi connectivity index (χ2n) is 5.10. The van der Waals surface area contributed by atoms with Crippen LogP contribution in [-0.2, 0) is 11.3 Å². The normalized spacial score (nSPS) is 18.2. The molecule has 1 heterocycles. The topological polar surface area (TPSA) is 39.7 Å². The highest BCUT2D eigenvalue weighted by atomic mass is 16.5. The van der Waals surface area contributed by atoms with Crippen LogP contribution in [0.3, 0.4) is 0 Å². The summed E-state index contributed by atoms with van der Waals surface area (Å²) in [5.41, 5.74) is 1.20. The molecule has 112 valence electrons. The lowest BCUT2D eigenvalue weighted by atomic mass is 10.2. The zero-order valence-electron chi connectivity index (χ0n) is 12.5. The molecule has 1 aliphatic heterocycles. The SMILES string of the molecule is CCCOc1ccc(CNC[C@@H]2CCCO2)cc1OC. The van der Waals surface area contributed by atoms with Crippen LogP contribution in [0.15, 0.2) is 18.2 Å². The summed E-state index contributed by atoms with van der Waals surface area (Å²) >= 11 is 0.